The molecule has 0 saturated carbocycles. The van der Waals surface area contributed by atoms with E-state index in [4.69, 9.17) is 9.47 Å². The maximum absolute atomic E-state index is 12.7. The molecule has 0 saturated heterocycles. The van der Waals surface area contributed by atoms with Crippen LogP contribution in [0.3, 0.4) is 0 Å². The number of rotatable bonds is 5. The number of amides is 1. The first-order chi connectivity index (χ1) is 13.3. The van der Waals surface area contributed by atoms with Gasteiger partial charge in [0.15, 0.2) is 11.5 Å². The molecular formula is C19H18F3N3O3. The van der Waals surface area contributed by atoms with Crippen LogP contribution >= 0.6 is 0 Å². The predicted molar refractivity (Wildman–Crippen MR) is 97.7 cm³/mol. The van der Waals surface area contributed by atoms with E-state index in [-0.39, 0.29) is 12.2 Å². The number of nitrogens with one attached hydrogen (secondary N) is 2. The molecule has 2 aromatic carbocycles. The van der Waals surface area contributed by atoms with Gasteiger partial charge in [-0.25, -0.2) is 5.43 Å². The number of hydrazone groups is 1. The van der Waals surface area contributed by atoms with Gasteiger partial charge in [-0.05, 0) is 43.3 Å². The molecule has 28 heavy (non-hydrogen) atoms. The summed E-state index contributed by atoms with van der Waals surface area (Å²) in [6, 6.07) is 9.95. The minimum Gasteiger partial charge on any atom is -0.486 e. The maximum Gasteiger partial charge on any atom is 0.416 e. The Kier molecular flexibility index (Phi) is 5.72. The number of fused-ring (bicyclic) bond motifs is 1. The van der Waals surface area contributed by atoms with Gasteiger partial charge in [0.1, 0.15) is 13.2 Å². The molecule has 2 aromatic rings. The highest BCUT2D eigenvalue weighted by Gasteiger charge is 2.30. The van der Waals surface area contributed by atoms with Gasteiger partial charge in [-0.1, -0.05) is 6.07 Å². The Balaban J connectivity index is 1.56. The van der Waals surface area contributed by atoms with Gasteiger partial charge in [-0.3, -0.25) is 4.79 Å². The molecule has 0 fully saturated rings. The molecule has 0 unspecified atom stereocenters. The fraction of sp³-hybridized carbons (Fsp3) is 0.263. The minimum atomic E-state index is -4.44. The third-order valence-corrected chi connectivity index (χ3v) is 3.95. The summed E-state index contributed by atoms with van der Waals surface area (Å²) in [4.78, 5) is 11.9. The number of nitrogens with zero attached hydrogens (tertiary/aromatic N) is 1. The molecular weight excluding hydrogens is 375 g/mol. The third-order valence-electron chi connectivity index (χ3n) is 3.95. The number of hydrogen-bond donors (Lipinski definition) is 2. The summed E-state index contributed by atoms with van der Waals surface area (Å²) < 4.78 is 49.1. The molecule has 1 aliphatic rings. The molecule has 1 heterocycles. The van der Waals surface area contributed by atoms with E-state index in [1.807, 2.05) is 0 Å². The first-order valence-electron chi connectivity index (χ1n) is 8.47. The molecule has 1 amide bonds. The van der Waals surface area contributed by atoms with Crippen molar-refractivity contribution in [2.75, 3.05) is 25.1 Å². The van der Waals surface area contributed by atoms with Crippen molar-refractivity contribution >= 4 is 17.3 Å². The van der Waals surface area contributed by atoms with Crippen LogP contribution < -0.4 is 20.2 Å². The lowest BCUT2D eigenvalue weighted by molar-refractivity contribution is -0.137. The number of benzene rings is 2. The molecule has 1 aliphatic heterocycles. The summed E-state index contributed by atoms with van der Waals surface area (Å²) in [5.41, 5.74) is 3.07. The van der Waals surface area contributed by atoms with Crippen LogP contribution in [0.5, 0.6) is 11.5 Å². The van der Waals surface area contributed by atoms with Crippen molar-refractivity contribution in [2.45, 2.75) is 13.1 Å². The molecule has 148 valence electrons. The number of hydrogen-bond acceptors (Lipinski definition) is 5. The Morgan fingerprint density at radius 2 is 1.86 bits per heavy atom. The van der Waals surface area contributed by atoms with E-state index in [9.17, 15) is 18.0 Å². The van der Waals surface area contributed by atoms with E-state index in [0.29, 0.717) is 30.4 Å². The highest BCUT2D eigenvalue weighted by molar-refractivity contribution is 6.00. The molecule has 3 rings (SSSR count). The summed E-state index contributed by atoms with van der Waals surface area (Å²) in [5.74, 6) is 0.766. The van der Waals surface area contributed by atoms with Crippen LogP contribution in [0.25, 0.3) is 0 Å². The number of ether oxygens (including phenoxy) is 2. The molecule has 9 heteroatoms. The van der Waals surface area contributed by atoms with Crippen molar-refractivity contribution in [3.63, 3.8) is 0 Å². The second-order valence-electron chi connectivity index (χ2n) is 6.02. The van der Waals surface area contributed by atoms with E-state index in [1.54, 1.807) is 25.1 Å². The average molecular weight is 393 g/mol. The Hall–Kier alpha value is -3.23. The molecule has 0 bridgehead atoms. The van der Waals surface area contributed by atoms with Gasteiger partial charge in [0.05, 0.1) is 17.8 Å². The zero-order valence-electron chi connectivity index (χ0n) is 15.0. The van der Waals surface area contributed by atoms with Crippen molar-refractivity contribution in [1.29, 1.82) is 0 Å². The second kappa shape index (κ2) is 8.20. The lowest BCUT2D eigenvalue weighted by Gasteiger charge is -2.18. The molecule has 0 aromatic heterocycles. The first-order valence-corrected chi connectivity index (χ1v) is 8.47. The fourth-order valence-electron chi connectivity index (χ4n) is 2.51. The van der Waals surface area contributed by atoms with Crippen LogP contribution in [-0.4, -0.2) is 31.4 Å². The standard InChI is InChI=1S/C19H18F3N3O3/c1-12(13-5-6-16-17(9-13)28-8-7-27-16)24-25-18(26)11-23-15-4-2-3-14(10-15)19(20,21)22/h2-6,9-10,23H,7-8,11H2,1H3,(H,25,26)/b24-12-. The van der Waals surface area contributed by atoms with Crippen molar-refractivity contribution < 1.29 is 27.4 Å². The number of halogens is 3. The topological polar surface area (TPSA) is 72.0 Å². The van der Waals surface area contributed by atoms with Gasteiger partial charge in [-0.2, -0.15) is 18.3 Å². The van der Waals surface area contributed by atoms with E-state index in [1.165, 1.54) is 12.1 Å². The molecule has 0 aliphatic carbocycles. The number of alkyl halides is 3. The van der Waals surface area contributed by atoms with Gasteiger partial charge in [0, 0.05) is 11.3 Å². The maximum atomic E-state index is 12.7. The number of anilines is 1. The Morgan fingerprint density at radius 3 is 2.61 bits per heavy atom. The molecule has 2 N–H and O–H groups in total. The van der Waals surface area contributed by atoms with Crippen molar-refractivity contribution in [3.05, 3.63) is 53.6 Å². The van der Waals surface area contributed by atoms with E-state index in [2.05, 4.69) is 15.8 Å². The van der Waals surface area contributed by atoms with Gasteiger partial charge in [0.25, 0.3) is 5.91 Å². The normalized spacial score (nSPS) is 13.8. The van der Waals surface area contributed by atoms with Crippen LogP contribution in [0.2, 0.25) is 0 Å². The molecule has 6 nitrogen and oxygen atoms in total. The summed E-state index contributed by atoms with van der Waals surface area (Å²) in [6.45, 7) is 2.45. The van der Waals surface area contributed by atoms with Crippen molar-refractivity contribution in [1.82, 2.24) is 5.43 Å². The van der Waals surface area contributed by atoms with Gasteiger partial charge in [-0.15, -0.1) is 0 Å². The van der Waals surface area contributed by atoms with Crippen LogP contribution in [0.4, 0.5) is 18.9 Å². The SMILES string of the molecule is C/C(=N/NC(=O)CNc1cccc(C(F)(F)F)c1)c1ccc2c(c1)OCCO2. The summed E-state index contributed by atoms with van der Waals surface area (Å²) in [7, 11) is 0. The van der Waals surface area contributed by atoms with Crippen LogP contribution in [-0.2, 0) is 11.0 Å². The highest BCUT2D eigenvalue weighted by atomic mass is 19.4. The molecule has 0 spiro atoms. The zero-order valence-corrected chi connectivity index (χ0v) is 15.0. The zero-order chi connectivity index (χ0) is 20.1. The monoisotopic (exact) mass is 393 g/mol. The first kappa shape index (κ1) is 19.5. The fourth-order valence-corrected chi connectivity index (χ4v) is 2.51. The highest BCUT2D eigenvalue weighted by Crippen LogP contribution is 2.31. The summed E-state index contributed by atoms with van der Waals surface area (Å²) in [6.07, 6.45) is -4.44. The minimum absolute atomic E-state index is 0.192. The number of carbonyl (C=O) groups is 1. The van der Waals surface area contributed by atoms with Crippen LogP contribution in [0.1, 0.15) is 18.1 Å². The number of carbonyl (C=O) groups excluding carboxylic acids is 1. The Morgan fingerprint density at radius 1 is 1.11 bits per heavy atom. The van der Waals surface area contributed by atoms with Gasteiger partial charge >= 0.3 is 6.18 Å². The third kappa shape index (κ3) is 4.93. The van der Waals surface area contributed by atoms with Crippen molar-refractivity contribution in [2.24, 2.45) is 5.10 Å². The smallest absolute Gasteiger partial charge is 0.416 e. The summed E-state index contributed by atoms with van der Waals surface area (Å²) >= 11 is 0. The lowest BCUT2D eigenvalue weighted by atomic mass is 10.1. The van der Waals surface area contributed by atoms with Gasteiger partial charge < -0.3 is 14.8 Å². The van der Waals surface area contributed by atoms with E-state index in [0.717, 1.165) is 17.7 Å². The second-order valence-corrected chi connectivity index (χ2v) is 6.02. The van der Waals surface area contributed by atoms with E-state index >= 15 is 0 Å². The van der Waals surface area contributed by atoms with Crippen LogP contribution in [0.15, 0.2) is 47.6 Å². The van der Waals surface area contributed by atoms with E-state index < -0.39 is 17.6 Å². The molecule has 0 radical (unpaired) electrons. The van der Waals surface area contributed by atoms with Crippen molar-refractivity contribution in [3.8, 4) is 11.5 Å². The summed E-state index contributed by atoms with van der Waals surface area (Å²) in [5, 5.41) is 6.66. The molecule has 0 atom stereocenters. The Bertz CT molecular complexity index is 897. The quantitative estimate of drug-likeness (QED) is 0.603. The average Bonchev–Trinajstić information content (AvgIpc) is 2.69. The van der Waals surface area contributed by atoms with Gasteiger partial charge in [0.2, 0.25) is 0 Å². The predicted octanol–water partition coefficient (Wildman–Crippen LogP) is 3.43. The largest absolute Gasteiger partial charge is 0.486 e. The Labute approximate surface area is 159 Å². The van der Waals surface area contributed by atoms with Crippen LogP contribution in [0, 0.1) is 0 Å². The lowest BCUT2D eigenvalue weighted by Crippen LogP contribution is -2.27.